The Hall–Kier alpha value is -0.590. The second-order valence-electron chi connectivity index (χ2n) is 5.11. The molecule has 0 aliphatic carbocycles. The van der Waals surface area contributed by atoms with E-state index in [4.69, 9.17) is 4.74 Å². The van der Waals surface area contributed by atoms with Crippen LogP contribution in [0.1, 0.15) is 26.3 Å². The summed E-state index contributed by atoms with van der Waals surface area (Å²) in [5.41, 5.74) is 1.01. The summed E-state index contributed by atoms with van der Waals surface area (Å²) in [7, 11) is 0. The first-order valence-corrected chi connectivity index (χ1v) is 8.60. The number of hydrogen-bond donors (Lipinski definition) is 2. The molecule has 6 heteroatoms. The zero-order chi connectivity index (χ0) is 15.8. The van der Waals surface area contributed by atoms with Crippen LogP contribution in [0.15, 0.2) is 21.1 Å². The van der Waals surface area contributed by atoms with Gasteiger partial charge < -0.3 is 15.4 Å². The SMILES string of the molecule is CCOc1c(Br)cc(Br)cc1CNCC(=O)NCC(C)C. The molecule has 0 spiro atoms. The van der Waals surface area contributed by atoms with Crippen molar-refractivity contribution in [1.29, 1.82) is 0 Å². The normalized spacial score (nSPS) is 10.8. The van der Waals surface area contributed by atoms with E-state index in [2.05, 4.69) is 56.3 Å². The molecule has 1 aromatic rings. The fraction of sp³-hybridized carbons (Fsp3) is 0.533. The third kappa shape index (κ3) is 6.80. The van der Waals surface area contributed by atoms with Gasteiger partial charge >= 0.3 is 0 Å². The summed E-state index contributed by atoms with van der Waals surface area (Å²) in [5.74, 6) is 1.28. The Balaban J connectivity index is 2.56. The van der Waals surface area contributed by atoms with Crippen molar-refractivity contribution in [3.05, 3.63) is 26.6 Å². The second-order valence-corrected chi connectivity index (χ2v) is 6.88. The summed E-state index contributed by atoms with van der Waals surface area (Å²) in [4.78, 5) is 11.7. The molecule has 0 saturated carbocycles. The lowest BCUT2D eigenvalue weighted by molar-refractivity contribution is -0.120. The van der Waals surface area contributed by atoms with Gasteiger partial charge in [-0.1, -0.05) is 29.8 Å². The van der Waals surface area contributed by atoms with Gasteiger partial charge in [0, 0.05) is 23.1 Å². The van der Waals surface area contributed by atoms with Crippen molar-refractivity contribution in [3.8, 4) is 5.75 Å². The van der Waals surface area contributed by atoms with Crippen LogP contribution in [0.2, 0.25) is 0 Å². The molecule has 0 heterocycles. The lowest BCUT2D eigenvalue weighted by atomic mass is 10.2. The zero-order valence-electron chi connectivity index (χ0n) is 12.6. The van der Waals surface area contributed by atoms with Crippen LogP contribution < -0.4 is 15.4 Å². The molecule has 0 unspecified atom stereocenters. The minimum Gasteiger partial charge on any atom is -0.492 e. The summed E-state index contributed by atoms with van der Waals surface area (Å²) in [6, 6.07) is 3.94. The van der Waals surface area contributed by atoms with Gasteiger partial charge in [-0.2, -0.15) is 0 Å². The van der Waals surface area contributed by atoms with Crippen LogP contribution in [-0.2, 0) is 11.3 Å². The van der Waals surface area contributed by atoms with Crippen LogP contribution in [0.4, 0.5) is 0 Å². The molecular formula is C15H22Br2N2O2. The van der Waals surface area contributed by atoms with Gasteiger partial charge in [-0.25, -0.2) is 0 Å². The van der Waals surface area contributed by atoms with Crippen molar-refractivity contribution in [2.75, 3.05) is 19.7 Å². The van der Waals surface area contributed by atoms with Gasteiger partial charge in [0.25, 0.3) is 0 Å². The lowest BCUT2D eigenvalue weighted by Gasteiger charge is -2.14. The molecule has 0 fully saturated rings. The van der Waals surface area contributed by atoms with Crippen molar-refractivity contribution in [1.82, 2.24) is 10.6 Å². The highest BCUT2D eigenvalue weighted by molar-refractivity contribution is 9.11. The van der Waals surface area contributed by atoms with E-state index < -0.39 is 0 Å². The fourth-order valence-corrected chi connectivity index (χ4v) is 3.17. The van der Waals surface area contributed by atoms with E-state index in [9.17, 15) is 4.79 Å². The monoisotopic (exact) mass is 420 g/mol. The zero-order valence-corrected chi connectivity index (χ0v) is 15.8. The predicted octanol–water partition coefficient (Wildman–Crippen LogP) is 3.47. The van der Waals surface area contributed by atoms with E-state index in [-0.39, 0.29) is 5.91 Å². The first-order chi connectivity index (χ1) is 9.93. The molecule has 1 rings (SSSR count). The summed E-state index contributed by atoms with van der Waals surface area (Å²) in [6.07, 6.45) is 0. The van der Waals surface area contributed by atoms with Crippen LogP contribution in [0.5, 0.6) is 5.75 Å². The van der Waals surface area contributed by atoms with Gasteiger partial charge in [-0.05, 0) is 40.9 Å². The number of carbonyl (C=O) groups is 1. The molecule has 4 nitrogen and oxygen atoms in total. The Bertz CT molecular complexity index is 479. The number of halogens is 2. The maximum absolute atomic E-state index is 11.7. The Morgan fingerprint density at radius 1 is 1.33 bits per heavy atom. The standard InChI is InChI=1S/C15H22Br2N2O2/c1-4-21-15-11(5-12(16)6-13(15)17)8-18-9-14(20)19-7-10(2)3/h5-6,10,18H,4,7-9H2,1-3H3,(H,19,20). The van der Waals surface area contributed by atoms with Crippen molar-refractivity contribution < 1.29 is 9.53 Å². The maximum atomic E-state index is 11.7. The maximum Gasteiger partial charge on any atom is 0.233 e. The van der Waals surface area contributed by atoms with E-state index in [0.29, 0.717) is 32.2 Å². The highest BCUT2D eigenvalue weighted by Gasteiger charge is 2.10. The van der Waals surface area contributed by atoms with Crippen LogP contribution in [0, 0.1) is 5.92 Å². The van der Waals surface area contributed by atoms with Gasteiger partial charge in [0.05, 0.1) is 17.6 Å². The van der Waals surface area contributed by atoms with E-state index in [0.717, 1.165) is 20.3 Å². The van der Waals surface area contributed by atoms with Gasteiger partial charge in [0.1, 0.15) is 5.75 Å². The average molecular weight is 422 g/mol. The largest absolute Gasteiger partial charge is 0.492 e. The number of benzene rings is 1. The van der Waals surface area contributed by atoms with Crippen LogP contribution in [0.3, 0.4) is 0 Å². The smallest absolute Gasteiger partial charge is 0.233 e. The van der Waals surface area contributed by atoms with Gasteiger partial charge in [-0.15, -0.1) is 0 Å². The third-order valence-corrected chi connectivity index (χ3v) is 3.73. The van der Waals surface area contributed by atoms with E-state index in [1.165, 1.54) is 0 Å². The molecule has 0 bridgehead atoms. The molecular weight excluding hydrogens is 400 g/mol. The highest BCUT2D eigenvalue weighted by Crippen LogP contribution is 2.32. The Morgan fingerprint density at radius 3 is 2.67 bits per heavy atom. The summed E-state index contributed by atoms with van der Waals surface area (Å²) in [5, 5.41) is 6.02. The highest BCUT2D eigenvalue weighted by atomic mass is 79.9. The van der Waals surface area contributed by atoms with Crippen LogP contribution in [0.25, 0.3) is 0 Å². The van der Waals surface area contributed by atoms with Crippen LogP contribution >= 0.6 is 31.9 Å². The first-order valence-electron chi connectivity index (χ1n) is 7.02. The number of ether oxygens (including phenoxy) is 1. The van der Waals surface area contributed by atoms with Gasteiger partial charge in [0.15, 0.2) is 0 Å². The van der Waals surface area contributed by atoms with E-state index in [1.54, 1.807) is 0 Å². The molecule has 0 aliphatic rings. The molecule has 21 heavy (non-hydrogen) atoms. The van der Waals surface area contributed by atoms with E-state index >= 15 is 0 Å². The Labute approximate surface area is 143 Å². The summed E-state index contributed by atoms with van der Waals surface area (Å²) in [6.45, 7) is 8.26. The Kier molecular flexibility index (Phi) is 8.29. The minimum absolute atomic E-state index is 0.00993. The molecule has 0 saturated heterocycles. The molecule has 0 radical (unpaired) electrons. The minimum atomic E-state index is 0.00993. The van der Waals surface area contributed by atoms with Gasteiger partial charge in [-0.3, -0.25) is 4.79 Å². The summed E-state index contributed by atoms with van der Waals surface area (Å²) < 4.78 is 7.52. The van der Waals surface area contributed by atoms with Gasteiger partial charge in [0.2, 0.25) is 5.91 Å². The molecule has 2 N–H and O–H groups in total. The predicted molar refractivity (Wildman–Crippen MR) is 92.6 cm³/mol. The number of nitrogens with one attached hydrogen (secondary N) is 2. The molecule has 1 amide bonds. The molecule has 1 aromatic carbocycles. The van der Waals surface area contributed by atoms with Crippen molar-refractivity contribution in [2.24, 2.45) is 5.92 Å². The first kappa shape index (κ1) is 18.5. The quantitative estimate of drug-likeness (QED) is 0.675. The number of carbonyl (C=O) groups excluding carboxylic acids is 1. The van der Waals surface area contributed by atoms with Crippen molar-refractivity contribution >= 4 is 37.8 Å². The third-order valence-electron chi connectivity index (χ3n) is 2.68. The number of rotatable bonds is 8. The average Bonchev–Trinajstić information content (AvgIpc) is 2.40. The summed E-state index contributed by atoms with van der Waals surface area (Å²) >= 11 is 6.97. The number of amides is 1. The number of hydrogen-bond acceptors (Lipinski definition) is 3. The molecule has 118 valence electrons. The van der Waals surface area contributed by atoms with E-state index in [1.807, 2.05) is 19.1 Å². The fourth-order valence-electron chi connectivity index (χ4n) is 1.74. The lowest BCUT2D eigenvalue weighted by Crippen LogP contribution is -2.35. The second kappa shape index (κ2) is 9.43. The van der Waals surface area contributed by atoms with Crippen LogP contribution in [-0.4, -0.2) is 25.6 Å². The molecule has 0 atom stereocenters. The van der Waals surface area contributed by atoms with Crippen molar-refractivity contribution in [3.63, 3.8) is 0 Å². The van der Waals surface area contributed by atoms with Crippen molar-refractivity contribution in [2.45, 2.75) is 27.3 Å². The topological polar surface area (TPSA) is 50.4 Å². The molecule has 0 aromatic heterocycles. The Morgan fingerprint density at radius 2 is 2.05 bits per heavy atom. The molecule has 0 aliphatic heterocycles.